The fraction of sp³-hybridized carbons (Fsp3) is 0.615. The molecule has 0 aliphatic carbocycles. The Morgan fingerprint density at radius 3 is 2.58 bits per heavy atom. The van der Waals surface area contributed by atoms with Crippen molar-refractivity contribution in [3.63, 3.8) is 0 Å². The van der Waals surface area contributed by atoms with Gasteiger partial charge >= 0.3 is 0 Å². The van der Waals surface area contributed by atoms with Gasteiger partial charge in [0.15, 0.2) is 0 Å². The monoisotopic (exact) mass is 262 g/mol. The van der Waals surface area contributed by atoms with Crippen molar-refractivity contribution in [1.82, 2.24) is 29.9 Å². The maximum absolute atomic E-state index is 4.33. The Bertz CT molecular complexity index is 527. The van der Waals surface area contributed by atoms with Crippen LogP contribution in [0.4, 0.5) is 0 Å². The van der Waals surface area contributed by atoms with Gasteiger partial charge < -0.3 is 5.32 Å². The second-order valence-electron chi connectivity index (χ2n) is 4.82. The third kappa shape index (κ3) is 3.01. The average molecular weight is 262 g/mol. The standard InChI is InChI=1S/C13H22N6/c1-5-6-14-12(7-13-15-9-17-19(13)4)11-8-16-18(3)10(11)2/h8-9,12,14H,5-7H2,1-4H3. The second kappa shape index (κ2) is 5.97. The molecule has 2 aromatic rings. The molecule has 6 nitrogen and oxygen atoms in total. The first kappa shape index (κ1) is 13.7. The van der Waals surface area contributed by atoms with Gasteiger partial charge in [0.2, 0.25) is 0 Å². The summed E-state index contributed by atoms with van der Waals surface area (Å²) in [6.07, 6.45) is 5.47. The molecule has 0 amide bonds. The molecule has 0 aliphatic rings. The number of aromatic nitrogens is 5. The Hall–Kier alpha value is -1.69. The van der Waals surface area contributed by atoms with Gasteiger partial charge in [-0.1, -0.05) is 6.92 Å². The summed E-state index contributed by atoms with van der Waals surface area (Å²) in [6, 6.07) is 0.233. The van der Waals surface area contributed by atoms with Gasteiger partial charge in [-0.15, -0.1) is 0 Å². The molecule has 0 fully saturated rings. The van der Waals surface area contributed by atoms with Crippen molar-refractivity contribution >= 4 is 0 Å². The largest absolute Gasteiger partial charge is 0.309 e. The van der Waals surface area contributed by atoms with E-state index in [1.54, 1.807) is 6.33 Å². The van der Waals surface area contributed by atoms with E-state index in [1.165, 1.54) is 11.3 Å². The van der Waals surface area contributed by atoms with Gasteiger partial charge in [0.05, 0.1) is 6.20 Å². The number of hydrogen-bond donors (Lipinski definition) is 1. The lowest BCUT2D eigenvalue weighted by molar-refractivity contribution is 0.504. The molecule has 1 atom stereocenters. The van der Waals surface area contributed by atoms with E-state index in [4.69, 9.17) is 0 Å². The smallest absolute Gasteiger partial charge is 0.138 e. The van der Waals surface area contributed by atoms with E-state index >= 15 is 0 Å². The van der Waals surface area contributed by atoms with Crippen LogP contribution in [-0.2, 0) is 20.5 Å². The SMILES string of the molecule is CCCNC(Cc1ncnn1C)c1cnn(C)c1C. The highest BCUT2D eigenvalue weighted by molar-refractivity contribution is 5.21. The molecule has 0 saturated carbocycles. The van der Waals surface area contributed by atoms with Crippen LogP contribution in [0.2, 0.25) is 0 Å². The molecule has 2 rings (SSSR count). The summed E-state index contributed by atoms with van der Waals surface area (Å²) < 4.78 is 3.74. The molecule has 6 heteroatoms. The summed E-state index contributed by atoms with van der Waals surface area (Å²) >= 11 is 0. The number of nitrogens with zero attached hydrogens (tertiary/aromatic N) is 5. The van der Waals surface area contributed by atoms with Crippen LogP contribution in [0, 0.1) is 6.92 Å². The topological polar surface area (TPSA) is 60.6 Å². The van der Waals surface area contributed by atoms with E-state index in [9.17, 15) is 0 Å². The predicted molar refractivity (Wildman–Crippen MR) is 73.7 cm³/mol. The first-order chi connectivity index (χ1) is 9.13. The van der Waals surface area contributed by atoms with Crippen molar-refractivity contribution in [3.05, 3.63) is 29.6 Å². The summed E-state index contributed by atoms with van der Waals surface area (Å²) in [6.45, 7) is 5.25. The highest BCUT2D eigenvalue weighted by Gasteiger charge is 2.18. The molecule has 0 spiro atoms. The lowest BCUT2D eigenvalue weighted by Gasteiger charge is -2.18. The minimum atomic E-state index is 0.233. The fourth-order valence-electron chi connectivity index (χ4n) is 2.16. The minimum absolute atomic E-state index is 0.233. The molecule has 1 unspecified atom stereocenters. The summed E-state index contributed by atoms with van der Waals surface area (Å²) in [5, 5.41) is 12.0. The molecular weight excluding hydrogens is 240 g/mol. The molecule has 1 N–H and O–H groups in total. The highest BCUT2D eigenvalue weighted by Crippen LogP contribution is 2.20. The zero-order valence-corrected chi connectivity index (χ0v) is 12.1. The van der Waals surface area contributed by atoms with Crippen molar-refractivity contribution in [3.8, 4) is 0 Å². The Morgan fingerprint density at radius 2 is 2.05 bits per heavy atom. The lowest BCUT2D eigenvalue weighted by atomic mass is 10.0. The first-order valence-electron chi connectivity index (χ1n) is 6.68. The normalized spacial score (nSPS) is 12.8. The van der Waals surface area contributed by atoms with Crippen molar-refractivity contribution in [2.45, 2.75) is 32.7 Å². The van der Waals surface area contributed by atoms with Gasteiger partial charge in [-0.3, -0.25) is 9.36 Å². The van der Waals surface area contributed by atoms with E-state index in [1.807, 2.05) is 29.7 Å². The van der Waals surface area contributed by atoms with E-state index in [0.29, 0.717) is 0 Å². The Labute approximate surface area is 113 Å². The Kier molecular flexibility index (Phi) is 4.31. The van der Waals surface area contributed by atoms with Gasteiger partial charge in [-0.2, -0.15) is 10.2 Å². The highest BCUT2D eigenvalue weighted by atomic mass is 15.3. The molecular formula is C13H22N6. The second-order valence-corrected chi connectivity index (χ2v) is 4.82. The third-order valence-electron chi connectivity index (χ3n) is 3.48. The maximum Gasteiger partial charge on any atom is 0.138 e. The Morgan fingerprint density at radius 1 is 1.26 bits per heavy atom. The van der Waals surface area contributed by atoms with Crippen LogP contribution in [0.25, 0.3) is 0 Å². The third-order valence-corrected chi connectivity index (χ3v) is 3.48. The quantitative estimate of drug-likeness (QED) is 0.848. The van der Waals surface area contributed by atoms with Crippen LogP contribution >= 0.6 is 0 Å². The lowest BCUT2D eigenvalue weighted by Crippen LogP contribution is -2.25. The van der Waals surface area contributed by atoms with Crippen LogP contribution < -0.4 is 5.32 Å². The van der Waals surface area contributed by atoms with Gasteiger partial charge in [0, 0.05) is 37.8 Å². The Balaban J connectivity index is 2.21. The first-order valence-corrected chi connectivity index (χ1v) is 6.68. The summed E-state index contributed by atoms with van der Waals surface area (Å²) in [7, 11) is 3.90. The molecule has 2 aromatic heterocycles. The van der Waals surface area contributed by atoms with E-state index in [2.05, 4.69) is 34.3 Å². The molecule has 0 saturated heterocycles. The molecule has 0 aromatic carbocycles. The van der Waals surface area contributed by atoms with Crippen molar-refractivity contribution < 1.29 is 0 Å². The maximum atomic E-state index is 4.33. The van der Waals surface area contributed by atoms with Gasteiger partial charge in [0.1, 0.15) is 12.2 Å². The van der Waals surface area contributed by atoms with E-state index in [0.717, 1.165) is 25.2 Å². The minimum Gasteiger partial charge on any atom is -0.309 e. The van der Waals surface area contributed by atoms with Crippen LogP contribution in [0.1, 0.15) is 36.5 Å². The van der Waals surface area contributed by atoms with Crippen molar-refractivity contribution in [2.75, 3.05) is 6.54 Å². The van der Waals surface area contributed by atoms with Gasteiger partial charge in [-0.05, 0) is 19.9 Å². The zero-order valence-electron chi connectivity index (χ0n) is 12.1. The predicted octanol–water partition coefficient (Wildman–Crippen LogP) is 1.14. The van der Waals surface area contributed by atoms with E-state index < -0.39 is 0 Å². The fourth-order valence-corrected chi connectivity index (χ4v) is 2.16. The van der Waals surface area contributed by atoms with Crippen LogP contribution in [0.3, 0.4) is 0 Å². The van der Waals surface area contributed by atoms with E-state index in [-0.39, 0.29) is 6.04 Å². The summed E-state index contributed by atoms with van der Waals surface area (Å²) in [5.74, 6) is 0.983. The molecule has 0 aliphatic heterocycles. The van der Waals surface area contributed by atoms with Gasteiger partial charge in [0.25, 0.3) is 0 Å². The van der Waals surface area contributed by atoms with Crippen LogP contribution in [0.15, 0.2) is 12.5 Å². The molecule has 104 valence electrons. The number of nitrogens with one attached hydrogen (secondary N) is 1. The van der Waals surface area contributed by atoms with Crippen molar-refractivity contribution in [1.29, 1.82) is 0 Å². The van der Waals surface area contributed by atoms with Crippen LogP contribution in [0.5, 0.6) is 0 Å². The summed E-state index contributed by atoms with van der Waals surface area (Å²) in [4.78, 5) is 4.31. The number of hydrogen-bond acceptors (Lipinski definition) is 4. The summed E-state index contributed by atoms with van der Waals surface area (Å²) in [5.41, 5.74) is 2.43. The number of aryl methyl sites for hydroxylation is 2. The van der Waals surface area contributed by atoms with Crippen LogP contribution in [-0.4, -0.2) is 31.1 Å². The molecule has 0 radical (unpaired) electrons. The molecule has 0 bridgehead atoms. The molecule has 19 heavy (non-hydrogen) atoms. The van der Waals surface area contributed by atoms with Gasteiger partial charge in [-0.25, -0.2) is 4.98 Å². The number of rotatable bonds is 6. The van der Waals surface area contributed by atoms with Crippen molar-refractivity contribution in [2.24, 2.45) is 14.1 Å². The average Bonchev–Trinajstić information content (AvgIpc) is 2.94. The zero-order chi connectivity index (χ0) is 13.8. The molecule has 2 heterocycles.